The molecule has 8 heteroatoms. The van der Waals surface area contributed by atoms with Gasteiger partial charge in [-0.25, -0.2) is 9.48 Å². The lowest BCUT2D eigenvalue weighted by atomic mass is 9.98. The molecule has 130 valence electrons. The molecule has 0 bridgehead atoms. The van der Waals surface area contributed by atoms with Crippen LogP contribution in [0, 0.1) is 0 Å². The van der Waals surface area contributed by atoms with Crippen LogP contribution in [-0.4, -0.2) is 38.2 Å². The van der Waals surface area contributed by atoms with E-state index in [9.17, 15) is 9.59 Å². The zero-order chi connectivity index (χ0) is 18.1. The van der Waals surface area contributed by atoms with Gasteiger partial charge in [0.15, 0.2) is 11.9 Å². The molecule has 1 aliphatic heterocycles. The van der Waals surface area contributed by atoms with Gasteiger partial charge in [-0.05, 0) is 34.2 Å². The maximum atomic E-state index is 12.6. The number of rotatable bonds is 3. The summed E-state index contributed by atoms with van der Waals surface area (Å²) in [5, 5.41) is 14.1. The van der Waals surface area contributed by atoms with Crippen LogP contribution in [0.1, 0.15) is 15.9 Å². The van der Waals surface area contributed by atoms with Gasteiger partial charge in [0, 0.05) is 24.7 Å². The van der Waals surface area contributed by atoms with E-state index in [1.54, 1.807) is 42.1 Å². The Labute approximate surface area is 148 Å². The van der Waals surface area contributed by atoms with E-state index < -0.39 is 12.1 Å². The van der Waals surface area contributed by atoms with Crippen molar-refractivity contribution in [1.82, 2.24) is 20.2 Å². The normalized spacial score (nSPS) is 15.9. The van der Waals surface area contributed by atoms with E-state index in [4.69, 9.17) is 4.74 Å². The third kappa shape index (κ3) is 2.92. The fourth-order valence-electron chi connectivity index (χ4n) is 2.91. The number of amides is 1. The molecule has 3 aromatic rings. The van der Waals surface area contributed by atoms with Gasteiger partial charge >= 0.3 is 5.97 Å². The maximum Gasteiger partial charge on any atom is 0.339 e. The number of anilines is 1. The molecule has 8 nitrogen and oxygen atoms in total. The van der Waals surface area contributed by atoms with Crippen LogP contribution in [0.3, 0.4) is 0 Å². The Kier molecular flexibility index (Phi) is 3.92. The van der Waals surface area contributed by atoms with Gasteiger partial charge < -0.3 is 10.1 Å². The van der Waals surface area contributed by atoms with Crippen LogP contribution in [0.15, 0.2) is 48.5 Å². The Balaban J connectivity index is 1.53. The summed E-state index contributed by atoms with van der Waals surface area (Å²) in [5.74, 6) is -0.272. The Morgan fingerprint density at radius 3 is 2.88 bits per heavy atom. The molecule has 1 unspecified atom stereocenters. The molecule has 1 N–H and O–H groups in total. The SMILES string of the molecule is Cn1nnnc1-c1cccc(NC(=O)C2Cc3ccccc3C(=O)O2)c1. The van der Waals surface area contributed by atoms with Crippen molar-refractivity contribution >= 4 is 17.6 Å². The van der Waals surface area contributed by atoms with E-state index in [2.05, 4.69) is 20.8 Å². The molecular formula is C18H15N5O3. The Morgan fingerprint density at radius 1 is 1.23 bits per heavy atom. The number of tetrazole rings is 1. The largest absolute Gasteiger partial charge is 0.448 e. The maximum absolute atomic E-state index is 12.6. The molecule has 26 heavy (non-hydrogen) atoms. The number of fused-ring (bicyclic) bond motifs is 1. The molecule has 2 heterocycles. The molecule has 0 aliphatic carbocycles. The summed E-state index contributed by atoms with van der Waals surface area (Å²) in [6.07, 6.45) is -0.516. The number of hydrogen-bond donors (Lipinski definition) is 1. The van der Waals surface area contributed by atoms with Crippen molar-refractivity contribution in [3.63, 3.8) is 0 Å². The molecule has 0 radical (unpaired) electrons. The van der Waals surface area contributed by atoms with Gasteiger partial charge in [-0.1, -0.05) is 30.3 Å². The topological polar surface area (TPSA) is 99.0 Å². The number of nitrogens with zero attached hydrogens (tertiary/aromatic N) is 4. The quantitative estimate of drug-likeness (QED) is 0.721. The van der Waals surface area contributed by atoms with Crippen molar-refractivity contribution in [1.29, 1.82) is 0 Å². The van der Waals surface area contributed by atoms with Crippen LogP contribution in [-0.2, 0) is 23.0 Å². The van der Waals surface area contributed by atoms with Crippen molar-refractivity contribution < 1.29 is 14.3 Å². The first-order chi connectivity index (χ1) is 12.6. The number of carbonyl (C=O) groups is 2. The van der Waals surface area contributed by atoms with E-state index in [0.29, 0.717) is 23.5 Å². The van der Waals surface area contributed by atoms with Gasteiger partial charge in [0.1, 0.15) is 0 Å². The number of aromatic nitrogens is 4. The molecule has 1 atom stereocenters. The Bertz CT molecular complexity index is 998. The number of esters is 1. The first-order valence-electron chi connectivity index (χ1n) is 8.04. The second-order valence-corrected chi connectivity index (χ2v) is 5.95. The minimum atomic E-state index is -0.863. The summed E-state index contributed by atoms with van der Waals surface area (Å²) < 4.78 is 6.82. The number of aryl methyl sites for hydroxylation is 1. The number of benzene rings is 2. The zero-order valence-corrected chi connectivity index (χ0v) is 13.9. The molecule has 0 spiro atoms. The smallest absolute Gasteiger partial charge is 0.339 e. The fraction of sp³-hybridized carbons (Fsp3) is 0.167. The second-order valence-electron chi connectivity index (χ2n) is 5.95. The summed E-state index contributed by atoms with van der Waals surface area (Å²) in [7, 11) is 1.74. The van der Waals surface area contributed by atoms with E-state index in [0.717, 1.165) is 11.1 Å². The third-order valence-electron chi connectivity index (χ3n) is 4.19. The van der Waals surface area contributed by atoms with Crippen LogP contribution in [0.4, 0.5) is 5.69 Å². The highest BCUT2D eigenvalue weighted by Gasteiger charge is 2.31. The molecule has 1 aliphatic rings. The molecule has 1 amide bonds. The summed E-state index contributed by atoms with van der Waals surface area (Å²) >= 11 is 0. The molecular weight excluding hydrogens is 334 g/mol. The average Bonchev–Trinajstić information content (AvgIpc) is 3.08. The van der Waals surface area contributed by atoms with Gasteiger partial charge in [0.2, 0.25) is 0 Å². The monoisotopic (exact) mass is 349 g/mol. The Morgan fingerprint density at radius 2 is 2.08 bits per heavy atom. The number of ether oxygens (including phenoxy) is 1. The van der Waals surface area contributed by atoms with Crippen molar-refractivity contribution in [3.8, 4) is 11.4 Å². The lowest BCUT2D eigenvalue weighted by Gasteiger charge is -2.23. The lowest BCUT2D eigenvalue weighted by Crippen LogP contribution is -2.37. The molecule has 1 aromatic heterocycles. The third-order valence-corrected chi connectivity index (χ3v) is 4.19. The summed E-state index contributed by atoms with van der Waals surface area (Å²) in [5.41, 5.74) is 2.66. The van der Waals surface area contributed by atoms with Crippen LogP contribution in [0.5, 0.6) is 0 Å². The number of nitrogens with one attached hydrogen (secondary N) is 1. The summed E-state index contributed by atoms with van der Waals surface area (Å²) in [6.45, 7) is 0. The second kappa shape index (κ2) is 6.40. The summed E-state index contributed by atoms with van der Waals surface area (Å²) in [6, 6.07) is 14.3. The predicted octanol–water partition coefficient (Wildman–Crippen LogP) is 1.60. The average molecular weight is 349 g/mol. The van der Waals surface area contributed by atoms with Crippen molar-refractivity contribution in [2.45, 2.75) is 12.5 Å². The van der Waals surface area contributed by atoms with E-state index in [1.165, 1.54) is 0 Å². The van der Waals surface area contributed by atoms with Crippen LogP contribution < -0.4 is 5.32 Å². The predicted molar refractivity (Wildman–Crippen MR) is 92.2 cm³/mol. The van der Waals surface area contributed by atoms with Gasteiger partial charge in [0.05, 0.1) is 5.56 Å². The van der Waals surface area contributed by atoms with Crippen LogP contribution >= 0.6 is 0 Å². The minimum absolute atomic E-state index is 0.348. The van der Waals surface area contributed by atoms with Crippen molar-refractivity contribution in [2.24, 2.45) is 7.05 Å². The molecule has 4 rings (SSSR count). The molecule has 2 aromatic carbocycles. The lowest BCUT2D eigenvalue weighted by molar-refractivity contribution is -0.125. The van der Waals surface area contributed by atoms with Gasteiger partial charge in [-0.3, -0.25) is 4.79 Å². The van der Waals surface area contributed by atoms with Crippen LogP contribution in [0.25, 0.3) is 11.4 Å². The minimum Gasteiger partial charge on any atom is -0.448 e. The number of hydrogen-bond acceptors (Lipinski definition) is 6. The van der Waals surface area contributed by atoms with Crippen molar-refractivity contribution in [2.75, 3.05) is 5.32 Å². The number of cyclic esters (lactones) is 1. The standard InChI is InChI=1S/C18H15N5O3/c1-23-16(20-21-22-23)12-6-4-7-13(9-12)19-17(24)15-10-11-5-2-3-8-14(11)18(25)26-15/h2-9,15H,10H2,1H3,(H,19,24). The highest BCUT2D eigenvalue weighted by atomic mass is 16.5. The first kappa shape index (κ1) is 15.9. The zero-order valence-electron chi connectivity index (χ0n) is 13.9. The molecule has 0 fully saturated rings. The molecule has 0 saturated carbocycles. The van der Waals surface area contributed by atoms with Crippen LogP contribution in [0.2, 0.25) is 0 Å². The highest BCUT2D eigenvalue weighted by molar-refractivity contribution is 6.00. The Hall–Kier alpha value is -3.55. The van der Waals surface area contributed by atoms with E-state index in [-0.39, 0.29) is 5.91 Å². The van der Waals surface area contributed by atoms with E-state index in [1.807, 2.05) is 18.2 Å². The van der Waals surface area contributed by atoms with Gasteiger partial charge in [0.25, 0.3) is 5.91 Å². The van der Waals surface area contributed by atoms with E-state index >= 15 is 0 Å². The first-order valence-corrected chi connectivity index (χ1v) is 8.04. The van der Waals surface area contributed by atoms with Gasteiger partial charge in [-0.2, -0.15) is 0 Å². The highest BCUT2D eigenvalue weighted by Crippen LogP contribution is 2.23. The van der Waals surface area contributed by atoms with Gasteiger partial charge in [-0.15, -0.1) is 5.10 Å². The molecule has 0 saturated heterocycles. The van der Waals surface area contributed by atoms with Crippen molar-refractivity contribution in [3.05, 3.63) is 59.7 Å². The fourth-order valence-corrected chi connectivity index (χ4v) is 2.91. The summed E-state index contributed by atoms with van der Waals surface area (Å²) in [4.78, 5) is 24.6. The number of carbonyl (C=O) groups excluding carboxylic acids is 2.